The molecule has 2 N–H and O–H groups in total. The van der Waals surface area contributed by atoms with E-state index in [1.165, 1.54) is 45.4 Å². The van der Waals surface area contributed by atoms with Crippen LogP contribution in [0.3, 0.4) is 0 Å². The van der Waals surface area contributed by atoms with Crippen LogP contribution in [-0.2, 0) is 0 Å². The molecule has 1 aliphatic rings. The Bertz CT molecular complexity index is 174. The molecule has 3 nitrogen and oxygen atoms in total. The van der Waals surface area contributed by atoms with Gasteiger partial charge in [0.2, 0.25) is 0 Å². The molecule has 1 heterocycles. The first kappa shape index (κ1) is 14.9. The predicted molar refractivity (Wildman–Crippen MR) is 75.5 cm³/mol. The fraction of sp³-hybridized carbons (Fsp3) is 1.00. The van der Waals surface area contributed by atoms with Gasteiger partial charge in [0.15, 0.2) is 0 Å². The lowest BCUT2D eigenvalue weighted by molar-refractivity contribution is 0.196. The van der Waals surface area contributed by atoms with Gasteiger partial charge < -0.3 is 15.5 Å². The van der Waals surface area contributed by atoms with E-state index in [1.54, 1.807) is 0 Å². The van der Waals surface area contributed by atoms with E-state index in [-0.39, 0.29) is 0 Å². The molecule has 0 saturated carbocycles. The zero-order chi connectivity index (χ0) is 12.5. The summed E-state index contributed by atoms with van der Waals surface area (Å²) in [5.41, 5.74) is 0. The molecular formula is C14H31N3. The third-order valence-electron chi connectivity index (χ3n) is 3.46. The summed E-state index contributed by atoms with van der Waals surface area (Å²) in [4.78, 5) is 2.62. The molecule has 0 aromatic heterocycles. The van der Waals surface area contributed by atoms with Crippen molar-refractivity contribution in [2.45, 2.75) is 46.1 Å². The van der Waals surface area contributed by atoms with Crippen molar-refractivity contribution in [2.24, 2.45) is 5.92 Å². The van der Waals surface area contributed by atoms with Crippen LogP contribution in [0.25, 0.3) is 0 Å². The summed E-state index contributed by atoms with van der Waals surface area (Å²) in [7, 11) is 0. The lowest BCUT2D eigenvalue weighted by atomic mass is 10.0. The first-order valence-corrected chi connectivity index (χ1v) is 7.38. The number of hydrogen-bond acceptors (Lipinski definition) is 3. The van der Waals surface area contributed by atoms with E-state index in [0.29, 0.717) is 0 Å². The van der Waals surface area contributed by atoms with Crippen molar-refractivity contribution in [3.63, 3.8) is 0 Å². The molecule has 102 valence electrons. The van der Waals surface area contributed by atoms with Gasteiger partial charge in [0.25, 0.3) is 0 Å². The maximum Gasteiger partial charge on any atom is 0.00912 e. The van der Waals surface area contributed by atoms with E-state index in [0.717, 1.165) is 25.0 Å². The molecule has 1 fully saturated rings. The number of piperidine rings is 1. The second-order valence-electron chi connectivity index (χ2n) is 5.63. The quantitative estimate of drug-likeness (QED) is 0.633. The summed E-state index contributed by atoms with van der Waals surface area (Å²) in [5.74, 6) is 0.769. The van der Waals surface area contributed by atoms with Gasteiger partial charge >= 0.3 is 0 Å². The van der Waals surface area contributed by atoms with Crippen molar-refractivity contribution in [1.29, 1.82) is 0 Å². The lowest BCUT2D eigenvalue weighted by Crippen LogP contribution is -2.43. The van der Waals surface area contributed by atoms with Gasteiger partial charge in [0, 0.05) is 6.04 Å². The number of rotatable bonds is 8. The van der Waals surface area contributed by atoms with E-state index in [9.17, 15) is 0 Å². The average molecular weight is 241 g/mol. The maximum atomic E-state index is 3.55. The summed E-state index contributed by atoms with van der Waals surface area (Å²) in [6.07, 6.45) is 3.94. The van der Waals surface area contributed by atoms with Gasteiger partial charge in [-0.25, -0.2) is 0 Å². The summed E-state index contributed by atoms with van der Waals surface area (Å²) in [6, 6.07) is 0.773. The predicted octanol–water partition coefficient (Wildman–Crippen LogP) is 1.70. The van der Waals surface area contributed by atoms with E-state index < -0.39 is 0 Å². The molecule has 0 unspecified atom stereocenters. The summed E-state index contributed by atoms with van der Waals surface area (Å²) < 4.78 is 0. The Kier molecular flexibility index (Phi) is 7.82. The van der Waals surface area contributed by atoms with Crippen LogP contribution in [0, 0.1) is 5.92 Å². The highest BCUT2D eigenvalue weighted by Crippen LogP contribution is 2.10. The molecule has 3 heteroatoms. The van der Waals surface area contributed by atoms with Crippen LogP contribution in [0.5, 0.6) is 0 Å². The first-order valence-electron chi connectivity index (χ1n) is 7.38. The molecule has 0 spiro atoms. The topological polar surface area (TPSA) is 27.3 Å². The standard InChI is InChI=1S/C14H31N3/c1-4-16-14-6-10-17(11-7-14)9-5-8-15-12-13(2)3/h13-16H,4-12H2,1-3H3. The number of nitrogens with zero attached hydrogens (tertiary/aromatic N) is 1. The second-order valence-corrected chi connectivity index (χ2v) is 5.63. The van der Waals surface area contributed by atoms with Gasteiger partial charge in [0.1, 0.15) is 0 Å². The Morgan fingerprint density at radius 2 is 1.94 bits per heavy atom. The number of likely N-dealkylation sites (tertiary alicyclic amines) is 1. The zero-order valence-corrected chi connectivity index (χ0v) is 12.0. The first-order chi connectivity index (χ1) is 8.22. The monoisotopic (exact) mass is 241 g/mol. The largest absolute Gasteiger partial charge is 0.316 e. The lowest BCUT2D eigenvalue weighted by Gasteiger charge is -2.32. The molecule has 0 radical (unpaired) electrons. The third-order valence-corrected chi connectivity index (χ3v) is 3.46. The summed E-state index contributed by atoms with van der Waals surface area (Å²) in [5, 5.41) is 7.07. The Morgan fingerprint density at radius 1 is 1.24 bits per heavy atom. The highest BCUT2D eigenvalue weighted by Gasteiger charge is 2.17. The molecule has 0 amide bonds. The van der Waals surface area contributed by atoms with Crippen molar-refractivity contribution in [3.05, 3.63) is 0 Å². The smallest absolute Gasteiger partial charge is 0.00912 e. The van der Waals surface area contributed by atoms with E-state index in [4.69, 9.17) is 0 Å². The Labute approximate surface area is 107 Å². The molecule has 1 saturated heterocycles. The fourth-order valence-electron chi connectivity index (χ4n) is 2.47. The normalized spacial score (nSPS) is 19.1. The number of nitrogens with one attached hydrogen (secondary N) is 2. The van der Waals surface area contributed by atoms with Crippen molar-refractivity contribution >= 4 is 0 Å². The highest BCUT2D eigenvalue weighted by atomic mass is 15.1. The van der Waals surface area contributed by atoms with Crippen molar-refractivity contribution in [1.82, 2.24) is 15.5 Å². The van der Waals surface area contributed by atoms with Gasteiger partial charge in [-0.3, -0.25) is 0 Å². The molecule has 0 aromatic rings. The molecule has 0 aromatic carbocycles. The molecule has 1 aliphatic heterocycles. The minimum absolute atomic E-state index is 0.769. The third kappa shape index (κ3) is 7.02. The second kappa shape index (κ2) is 8.90. The highest BCUT2D eigenvalue weighted by molar-refractivity contribution is 4.76. The van der Waals surface area contributed by atoms with Crippen LogP contribution in [0.15, 0.2) is 0 Å². The average Bonchev–Trinajstić information content (AvgIpc) is 2.31. The van der Waals surface area contributed by atoms with Crippen LogP contribution in [0.2, 0.25) is 0 Å². The molecular weight excluding hydrogens is 210 g/mol. The minimum atomic E-state index is 0.769. The van der Waals surface area contributed by atoms with Gasteiger partial charge in [-0.15, -0.1) is 0 Å². The van der Waals surface area contributed by atoms with Gasteiger partial charge in [0.05, 0.1) is 0 Å². The Morgan fingerprint density at radius 3 is 2.53 bits per heavy atom. The Hall–Kier alpha value is -0.120. The summed E-state index contributed by atoms with van der Waals surface area (Å²) in [6.45, 7) is 14.0. The van der Waals surface area contributed by atoms with Crippen LogP contribution in [0.4, 0.5) is 0 Å². The molecule has 0 bridgehead atoms. The van der Waals surface area contributed by atoms with E-state index in [1.807, 2.05) is 0 Å². The Balaban J connectivity index is 1.95. The molecule has 1 rings (SSSR count). The fourth-order valence-corrected chi connectivity index (χ4v) is 2.47. The molecule has 0 atom stereocenters. The van der Waals surface area contributed by atoms with Gasteiger partial charge in [-0.05, 0) is 64.4 Å². The minimum Gasteiger partial charge on any atom is -0.316 e. The summed E-state index contributed by atoms with van der Waals surface area (Å²) >= 11 is 0. The SMILES string of the molecule is CCNC1CCN(CCCNCC(C)C)CC1. The number of hydrogen-bond donors (Lipinski definition) is 2. The van der Waals surface area contributed by atoms with Crippen molar-refractivity contribution in [2.75, 3.05) is 39.3 Å². The van der Waals surface area contributed by atoms with Crippen LogP contribution < -0.4 is 10.6 Å². The van der Waals surface area contributed by atoms with Crippen LogP contribution >= 0.6 is 0 Å². The van der Waals surface area contributed by atoms with E-state index >= 15 is 0 Å². The van der Waals surface area contributed by atoms with Crippen LogP contribution in [-0.4, -0.2) is 50.2 Å². The van der Waals surface area contributed by atoms with Crippen molar-refractivity contribution < 1.29 is 0 Å². The molecule has 17 heavy (non-hydrogen) atoms. The van der Waals surface area contributed by atoms with Crippen molar-refractivity contribution in [3.8, 4) is 0 Å². The van der Waals surface area contributed by atoms with Crippen LogP contribution in [0.1, 0.15) is 40.0 Å². The van der Waals surface area contributed by atoms with E-state index in [2.05, 4.69) is 36.3 Å². The maximum absolute atomic E-state index is 3.55. The molecule has 0 aliphatic carbocycles. The zero-order valence-electron chi connectivity index (χ0n) is 12.0. The van der Waals surface area contributed by atoms with Gasteiger partial charge in [-0.2, -0.15) is 0 Å². The van der Waals surface area contributed by atoms with Gasteiger partial charge in [-0.1, -0.05) is 20.8 Å².